The van der Waals surface area contributed by atoms with E-state index >= 15 is 0 Å². The number of ketones is 1. The highest BCUT2D eigenvalue weighted by molar-refractivity contribution is 6.33. The van der Waals surface area contributed by atoms with E-state index in [2.05, 4.69) is 4.98 Å². The number of anilines is 1. The van der Waals surface area contributed by atoms with Crippen LogP contribution in [0.1, 0.15) is 21.5 Å². The fourth-order valence-electron chi connectivity index (χ4n) is 2.07. The lowest BCUT2D eigenvalue weighted by molar-refractivity contribution is 0.103. The molecule has 0 saturated heterocycles. The molecule has 0 aliphatic carbocycles. The minimum absolute atomic E-state index is 0.186. The van der Waals surface area contributed by atoms with Gasteiger partial charge in [-0.05, 0) is 30.7 Å². The predicted octanol–water partition coefficient (Wildman–Crippen LogP) is 2.87. The Morgan fingerprint density at radius 2 is 2.00 bits per heavy atom. The van der Waals surface area contributed by atoms with E-state index in [0.29, 0.717) is 27.6 Å². The fraction of sp³-hybridized carbons (Fsp3) is 0.200. The standard InChI is InChI=1S/C15H15ClN2O3/c1-8-4-5-18-15(17)12(8)13(19)9-6-10(16)14(21-3)11(7-9)20-2/h4-7H,1-3H3,(H2,17,18). The average molecular weight is 307 g/mol. The Balaban J connectivity index is 2.57. The van der Waals surface area contributed by atoms with Gasteiger partial charge >= 0.3 is 0 Å². The number of methoxy groups -OCH3 is 2. The van der Waals surface area contributed by atoms with Crippen LogP contribution < -0.4 is 15.2 Å². The Morgan fingerprint density at radius 1 is 1.29 bits per heavy atom. The van der Waals surface area contributed by atoms with Gasteiger partial charge in [-0.15, -0.1) is 0 Å². The van der Waals surface area contributed by atoms with Gasteiger partial charge in [-0.3, -0.25) is 4.79 Å². The number of ether oxygens (including phenoxy) is 2. The minimum atomic E-state index is -0.263. The number of benzene rings is 1. The molecule has 1 heterocycles. The number of rotatable bonds is 4. The summed E-state index contributed by atoms with van der Waals surface area (Å²) in [5.41, 5.74) is 7.28. The number of aryl methyl sites for hydroxylation is 1. The van der Waals surface area contributed by atoms with E-state index in [1.165, 1.54) is 20.3 Å². The Morgan fingerprint density at radius 3 is 2.57 bits per heavy atom. The summed E-state index contributed by atoms with van der Waals surface area (Å²) in [6, 6.07) is 4.82. The summed E-state index contributed by atoms with van der Waals surface area (Å²) in [4.78, 5) is 16.6. The van der Waals surface area contributed by atoms with Crippen LogP contribution in [0.5, 0.6) is 11.5 Å². The molecule has 0 bridgehead atoms. The summed E-state index contributed by atoms with van der Waals surface area (Å²) in [5.74, 6) is 0.687. The average Bonchev–Trinajstić information content (AvgIpc) is 2.45. The molecule has 0 atom stereocenters. The smallest absolute Gasteiger partial charge is 0.197 e. The molecule has 1 aromatic carbocycles. The lowest BCUT2D eigenvalue weighted by Crippen LogP contribution is -2.09. The molecular formula is C15H15ClN2O3. The summed E-state index contributed by atoms with van der Waals surface area (Å²) >= 11 is 6.12. The van der Waals surface area contributed by atoms with Crippen LogP contribution in [0.2, 0.25) is 5.02 Å². The third kappa shape index (κ3) is 2.78. The van der Waals surface area contributed by atoms with Crippen molar-refractivity contribution in [1.82, 2.24) is 4.98 Å². The molecule has 0 unspecified atom stereocenters. The fourth-order valence-corrected chi connectivity index (χ4v) is 2.36. The van der Waals surface area contributed by atoms with Gasteiger partial charge in [-0.25, -0.2) is 4.98 Å². The quantitative estimate of drug-likeness (QED) is 0.879. The summed E-state index contributed by atoms with van der Waals surface area (Å²) in [7, 11) is 2.96. The normalized spacial score (nSPS) is 10.3. The van der Waals surface area contributed by atoms with Gasteiger partial charge in [0.1, 0.15) is 5.82 Å². The van der Waals surface area contributed by atoms with Gasteiger partial charge in [0.05, 0.1) is 24.8 Å². The maximum Gasteiger partial charge on any atom is 0.197 e. The molecule has 0 fully saturated rings. The first-order valence-corrected chi connectivity index (χ1v) is 6.54. The zero-order valence-corrected chi connectivity index (χ0v) is 12.7. The van der Waals surface area contributed by atoms with E-state index in [4.69, 9.17) is 26.8 Å². The highest BCUT2D eigenvalue weighted by atomic mass is 35.5. The van der Waals surface area contributed by atoms with Crippen LogP contribution in [0.4, 0.5) is 5.82 Å². The van der Waals surface area contributed by atoms with Crippen molar-refractivity contribution in [1.29, 1.82) is 0 Å². The van der Waals surface area contributed by atoms with Gasteiger partial charge in [0, 0.05) is 11.8 Å². The van der Waals surface area contributed by atoms with E-state index < -0.39 is 0 Å². The molecule has 5 nitrogen and oxygen atoms in total. The lowest BCUT2D eigenvalue weighted by Gasteiger charge is -2.12. The van der Waals surface area contributed by atoms with Crippen molar-refractivity contribution in [3.63, 3.8) is 0 Å². The third-order valence-corrected chi connectivity index (χ3v) is 3.39. The van der Waals surface area contributed by atoms with Crippen LogP contribution in [0, 0.1) is 6.92 Å². The van der Waals surface area contributed by atoms with Crippen molar-refractivity contribution in [3.05, 3.63) is 46.1 Å². The second-order valence-electron chi connectivity index (χ2n) is 4.41. The topological polar surface area (TPSA) is 74.4 Å². The number of nitrogen functional groups attached to an aromatic ring is 1. The molecule has 6 heteroatoms. The minimum Gasteiger partial charge on any atom is -0.493 e. The summed E-state index contributed by atoms with van der Waals surface area (Å²) in [6.07, 6.45) is 1.56. The van der Waals surface area contributed by atoms with E-state index in [0.717, 1.165) is 5.56 Å². The zero-order chi connectivity index (χ0) is 15.6. The van der Waals surface area contributed by atoms with Crippen molar-refractivity contribution in [2.24, 2.45) is 0 Å². The Kier molecular flexibility index (Phi) is 4.33. The van der Waals surface area contributed by atoms with Crippen LogP contribution in [-0.2, 0) is 0 Å². The van der Waals surface area contributed by atoms with Gasteiger partial charge in [-0.2, -0.15) is 0 Å². The first kappa shape index (κ1) is 15.1. The van der Waals surface area contributed by atoms with Crippen LogP contribution in [0.3, 0.4) is 0 Å². The van der Waals surface area contributed by atoms with Crippen LogP contribution in [-0.4, -0.2) is 25.0 Å². The maximum absolute atomic E-state index is 12.6. The molecule has 2 aromatic rings. The summed E-state index contributed by atoms with van der Waals surface area (Å²) in [6.45, 7) is 1.80. The van der Waals surface area contributed by atoms with Crippen molar-refractivity contribution < 1.29 is 14.3 Å². The highest BCUT2D eigenvalue weighted by Crippen LogP contribution is 2.37. The number of pyridine rings is 1. The second-order valence-corrected chi connectivity index (χ2v) is 4.82. The summed E-state index contributed by atoms with van der Waals surface area (Å²) < 4.78 is 10.3. The number of nitrogens with zero attached hydrogens (tertiary/aromatic N) is 1. The molecule has 0 spiro atoms. The molecule has 0 radical (unpaired) electrons. The first-order valence-electron chi connectivity index (χ1n) is 6.17. The second kappa shape index (κ2) is 6.01. The molecule has 2 N–H and O–H groups in total. The molecule has 1 aromatic heterocycles. The van der Waals surface area contributed by atoms with Gasteiger partial charge < -0.3 is 15.2 Å². The number of halogens is 1. The largest absolute Gasteiger partial charge is 0.493 e. The van der Waals surface area contributed by atoms with Crippen molar-refractivity contribution in [3.8, 4) is 11.5 Å². The Bertz CT molecular complexity index is 681. The zero-order valence-electron chi connectivity index (χ0n) is 11.9. The first-order chi connectivity index (χ1) is 9.99. The number of aromatic nitrogens is 1. The van der Waals surface area contributed by atoms with Crippen molar-refractivity contribution in [2.45, 2.75) is 6.92 Å². The molecule has 0 aliphatic rings. The molecular weight excluding hydrogens is 292 g/mol. The van der Waals surface area contributed by atoms with Crippen LogP contribution in [0.15, 0.2) is 24.4 Å². The Labute approximate surface area is 127 Å². The number of carbonyl (C=O) groups is 1. The molecule has 110 valence electrons. The highest BCUT2D eigenvalue weighted by Gasteiger charge is 2.20. The molecule has 0 aliphatic heterocycles. The number of carbonyl (C=O) groups excluding carboxylic acids is 1. The monoisotopic (exact) mass is 306 g/mol. The van der Waals surface area contributed by atoms with Crippen LogP contribution in [0.25, 0.3) is 0 Å². The predicted molar refractivity (Wildman–Crippen MR) is 81.4 cm³/mol. The number of nitrogens with two attached hydrogens (primary N) is 1. The molecule has 21 heavy (non-hydrogen) atoms. The number of hydrogen-bond acceptors (Lipinski definition) is 5. The van der Waals surface area contributed by atoms with Gasteiger partial charge in [0.15, 0.2) is 17.3 Å². The third-order valence-electron chi connectivity index (χ3n) is 3.11. The van der Waals surface area contributed by atoms with E-state index in [9.17, 15) is 4.79 Å². The van der Waals surface area contributed by atoms with Crippen molar-refractivity contribution >= 4 is 23.2 Å². The van der Waals surface area contributed by atoms with Crippen molar-refractivity contribution in [2.75, 3.05) is 20.0 Å². The maximum atomic E-state index is 12.6. The lowest BCUT2D eigenvalue weighted by atomic mass is 9.99. The summed E-state index contributed by atoms with van der Waals surface area (Å²) in [5, 5.41) is 0.292. The SMILES string of the molecule is COc1cc(C(=O)c2c(C)ccnc2N)cc(Cl)c1OC. The molecule has 2 rings (SSSR count). The Hall–Kier alpha value is -2.27. The molecule has 0 amide bonds. The number of hydrogen-bond donors (Lipinski definition) is 1. The van der Waals surface area contributed by atoms with Gasteiger partial charge in [0.25, 0.3) is 0 Å². The van der Waals surface area contributed by atoms with E-state index in [1.807, 2.05) is 0 Å². The van der Waals surface area contributed by atoms with E-state index in [-0.39, 0.29) is 11.6 Å². The van der Waals surface area contributed by atoms with E-state index in [1.54, 1.807) is 25.3 Å². The van der Waals surface area contributed by atoms with Gasteiger partial charge in [0.2, 0.25) is 0 Å². The van der Waals surface area contributed by atoms with Crippen LogP contribution >= 0.6 is 11.6 Å². The molecule has 0 saturated carbocycles. The van der Waals surface area contributed by atoms with Gasteiger partial charge in [-0.1, -0.05) is 11.6 Å².